The molecule has 0 saturated heterocycles. The van der Waals surface area contributed by atoms with Gasteiger partial charge < -0.3 is 10.3 Å². The van der Waals surface area contributed by atoms with Crippen LogP contribution in [0.4, 0.5) is 4.39 Å². The Hall–Kier alpha value is -1.35. The molecule has 1 aliphatic heterocycles. The van der Waals surface area contributed by atoms with E-state index in [-0.39, 0.29) is 11.9 Å². The first-order valence-electron chi connectivity index (χ1n) is 5.79. The summed E-state index contributed by atoms with van der Waals surface area (Å²) in [4.78, 5) is 0. The molecule has 1 atom stereocenters. The molecule has 0 aliphatic carbocycles. The van der Waals surface area contributed by atoms with Crippen LogP contribution in [0.5, 0.6) is 0 Å². The van der Waals surface area contributed by atoms with Gasteiger partial charge in [0.05, 0.1) is 5.52 Å². The van der Waals surface area contributed by atoms with Crippen LogP contribution in [0.25, 0.3) is 10.9 Å². The molecule has 1 aromatic heterocycles. The summed E-state index contributed by atoms with van der Waals surface area (Å²) in [5.74, 6) is -0.135. The molecule has 0 spiro atoms. The summed E-state index contributed by atoms with van der Waals surface area (Å²) in [5, 5.41) is 0.996. The number of hydrogen-bond acceptors (Lipinski definition) is 1. The van der Waals surface area contributed by atoms with E-state index < -0.39 is 0 Å². The zero-order valence-corrected chi connectivity index (χ0v) is 9.12. The predicted octanol–water partition coefficient (Wildman–Crippen LogP) is 2.62. The summed E-state index contributed by atoms with van der Waals surface area (Å²) >= 11 is 0. The molecule has 0 fully saturated rings. The molecule has 1 aromatic carbocycles. The van der Waals surface area contributed by atoms with Crippen molar-refractivity contribution in [3.8, 4) is 0 Å². The Morgan fingerprint density at radius 1 is 1.44 bits per heavy atom. The van der Waals surface area contributed by atoms with Gasteiger partial charge in [-0.2, -0.15) is 0 Å². The van der Waals surface area contributed by atoms with Crippen molar-refractivity contribution in [1.29, 1.82) is 0 Å². The summed E-state index contributed by atoms with van der Waals surface area (Å²) in [6.45, 7) is 0.588. The molecule has 84 valence electrons. The molecule has 2 aromatic rings. The van der Waals surface area contributed by atoms with Gasteiger partial charge in [-0.1, -0.05) is 12.1 Å². The van der Waals surface area contributed by atoms with Crippen molar-refractivity contribution in [2.75, 3.05) is 6.54 Å². The first-order chi connectivity index (χ1) is 7.81. The minimum atomic E-state index is -0.135. The van der Waals surface area contributed by atoms with Gasteiger partial charge in [-0.15, -0.1) is 0 Å². The summed E-state index contributed by atoms with van der Waals surface area (Å²) in [6, 6.07) is 7.62. The Labute approximate surface area is 93.9 Å². The highest BCUT2D eigenvalue weighted by Gasteiger charge is 2.22. The fourth-order valence-electron chi connectivity index (χ4n) is 2.78. The highest BCUT2D eigenvalue weighted by molar-refractivity contribution is 5.82. The highest BCUT2D eigenvalue weighted by atomic mass is 19.1. The van der Waals surface area contributed by atoms with Crippen molar-refractivity contribution >= 4 is 10.9 Å². The zero-order chi connectivity index (χ0) is 11.1. The van der Waals surface area contributed by atoms with E-state index in [9.17, 15) is 4.39 Å². The standard InChI is InChI=1S/C13H15FN2/c14-12-6-1-3-9-7-10-4-2-5-11(8-15)16(10)13(9)12/h1,3,6-7,11H,2,4-5,8,15H2. The van der Waals surface area contributed by atoms with Crippen molar-refractivity contribution < 1.29 is 4.39 Å². The third kappa shape index (κ3) is 1.28. The van der Waals surface area contributed by atoms with Crippen LogP contribution >= 0.6 is 0 Å². The van der Waals surface area contributed by atoms with E-state index in [1.165, 1.54) is 11.8 Å². The number of aryl methyl sites for hydroxylation is 1. The molecular formula is C13H15FN2. The van der Waals surface area contributed by atoms with E-state index in [2.05, 4.69) is 10.6 Å². The van der Waals surface area contributed by atoms with Crippen molar-refractivity contribution in [1.82, 2.24) is 4.57 Å². The fraction of sp³-hybridized carbons (Fsp3) is 0.385. The minimum absolute atomic E-state index is 0.135. The van der Waals surface area contributed by atoms with Crippen LogP contribution in [0.2, 0.25) is 0 Å². The second kappa shape index (κ2) is 3.59. The van der Waals surface area contributed by atoms with Gasteiger partial charge in [0, 0.05) is 23.7 Å². The number of nitrogens with two attached hydrogens (primary N) is 1. The smallest absolute Gasteiger partial charge is 0.147 e. The van der Waals surface area contributed by atoms with Gasteiger partial charge >= 0.3 is 0 Å². The number of benzene rings is 1. The third-order valence-corrected chi connectivity index (χ3v) is 3.50. The van der Waals surface area contributed by atoms with Crippen molar-refractivity contribution in [3.05, 3.63) is 35.8 Å². The molecular weight excluding hydrogens is 203 g/mol. The third-order valence-electron chi connectivity index (χ3n) is 3.50. The lowest BCUT2D eigenvalue weighted by atomic mass is 10.0. The second-order valence-electron chi connectivity index (χ2n) is 4.47. The van der Waals surface area contributed by atoms with Gasteiger partial charge in [-0.25, -0.2) is 4.39 Å². The molecule has 1 aliphatic rings. The number of aromatic nitrogens is 1. The molecule has 0 radical (unpaired) electrons. The average Bonchev–Trinajstić information content (AvgIpc) is 2.68. The molecule has 16 heavy (non-hydrogen) atoms. The molecule has 2 heterocycles. The fourth-order valence-corrected chi connectivity index (χ4v) is 2.78. The summed E-state index contributed by atoms with van der Waals surface area (Å²) in [5.41, 5.74) is 7.73. The molecule has 3 heteroatoms. The van der Waals surface area contributed by atoms with E-state index in [0.29, 0.717) is 6.54 Å². The summed E-state index contributed by atoms with van der Waals surface area (Å²) in [6.07, 6.45) is 3.24. The van der Waals surface area contributed by atoms with Crippen LogP contribution in [0.15, 0.2) is 24.3 Å². The molecule has 0 amide bonds. The Balaban J connectivity index is 2.32. The summed E-state index contributed by atoms with van der Waals surface area (Å²) in [7, 11) is 0. The molecule has 0 saturated carbocycles. The Morgan fingerprint density at radius 3 is 3.12 bits per heavy atom. The van der Waals surface area contributed by atoms with Gasteiger partial charge in [0.2, 0.25) is 0 Å². The average molecular weight is 218 g/mol. The van der Waals surface area contributed by atoms with Crippen molar-refractivity contribution in [3.63, 3.8) is 0 Å². The van der Waals surface area contributed by atoms with E-state index in [1.807, 2.05) is 6.07 Å². The largest absolute Gasteiger partial charge is 0.338 e. The van der Waals surface area contributed by atoms with Crippen LogP contribution in [0, 0.1) is 5.82 Å². The van der Waals surface area contributed by atoms with Crippen molar-refractivity contribution in [2.45, 2.75) is 25.3 Å². The first kappa shape index (κ1) is 9.85. The van der Waals surface area contributed by atoms with E-state index in [1.54, 1.807) is 6.07 Å². The van der Waals surface area contributed by atoms with Crippen molar-refractivity contribution in [2.24, 2.45) is 5.73 Å². The molecule has 0 bridgehead atoms. The number of halogens is 1. The Morgan fingerprint density at radius 2 is 2.31 bits per heavy atom. The monoisotopic (exact) mass is 218 g/mol. The lowest BCUT2D eigenvalue weighted by Crippen LogP contribution is -2.24. The van der Waals surface area contributed by atoms with Crippen LogP contribution in [0.1, 0.15) is 24.6 Å². The molecule has 2 nitrogen and oxygen atoms in total. The quantitative estimate of drug-likeness (QED) is 0.783. The number of rotatable bonds is 1. The van der Waals surface area contributed by atoms with Gasteiger partial charge in [0.15, 0.2) is 0 Å². The zero-order valence-electron chi connectivity index (χ0n) is 9.12. The van der Waals surface area contributed by atoms with Crippen LogP contribution in [-0.4, -0.2) is 11.1 Å². The number of nitrogens with zero attached hydrogens (tertiary/aromatic N) is 1. The normalized spacial score (nSPS) is 20.0. The van der Waals surface area contributed by atoms with Crippen LogP contribution in [-0.2, 0) is 6.42 Å². The molecule has 3 rings (SSSR count). The van der Waals surface area contributed by atoms with Gasteiger partial charge in [0.25, 0.3) is 0 Å². The Bertz CT molecular complexity index is 530. The number of hydrogen-bond donors (Lipinski definition) is 1. The maximum absolute atomic E-state index is 13.9. The van der Waals surface area contributed by atoms with Gasteiger partial charge in [0.1, 0.15) is 5.82 Å². The molecule has 1 unspecified atom stereocenters. The maximum Gasteiger partial charge on any atom is 0.147 e. The minimum Gasteiger partial charge on any atom is -0.338 e. The second-order valence-corrected chi connectivity index (χ2v) is 4.47. The van der Waals surface area contributed by atoms with Crippen LogP contribution in [0.3, 0.4) is 0 Å². The lowest BCUT2D eigenvalue weighted by molar-refractivity contribution is 0.417. The maximum atomic E-state index is 13.9. The number of fused-ring (bicyclic) bond motifs is 3. The number of para-hydroxylation sites is 1. The van der Waals surface area contributed by atoms with E-state index >= 15 is 0 Å². The van der Waals surface area contributed by atoms with E-state index in [4.69, 9.17) is 5.73 Å². The topological polar surface area (TPSA) is 30.9 Å². The predicted molar refractivity (Wildman–Crippen MR) is 62.9 cm³/mol. The molecule has 2 N–H and O–H groups in total. The Kier molecular flexibility index (Phi) is 2.21. The lowest BCUT2D eigenvalue weighted by Gasteiger charge is -2.26. The first-order valence-corrected chi connectivity index (χ1v) is 5.79. The summed E-state index contributed by atoms with van der Waals surface area (Å²) < 4.78 is 16.0. The van der Waals surface area contributed by atoms with E-state index in [0.717, 1.165) is 30.2 Å². The van der Waals surface area contributed by atoms with Crippen LogP contribution < -0.4 is 5.73 Å². The van der Waals surface area contributed by atoms with Gasteiger partial charge in [-0.05, 0) is 31.4 Å². The van der Waals surface area contributed by atoms with Gasteiger partial charge in [-0.3, -0.25) is 0 Å². The highest BCUT2D eigenvalue weighted by Crippen LogP contribution is 2.32. The SMILES string of the molecule is NCC1CCCc2cc3cccc(F)c3n21.